The van der Waals surface area contributed by atoms with Crippen LogP contribution in [-0.2, 0) is 0 Å². The molecule has 0 radical (unpaired) electrons. The summed E-state index contributed by atoms with van der Waals surface area (Å²) in [6.07, 6.45) is 2.71. The number of aromatic hydroxyl groups is 1. The Bertz CT molecular complexity index is 600. The van der Waals surface area contributed by atoms with Crippen LogP contribution in [0.1, 0.15) is 0 Å². The van der Waals surface area contributed by atoms with Gasteiger partial charge in [-0.25, -0.2) is 0 Å². The summed E-state index contributed by atoms with van der Waals surface area (Å²) in [6, 6.07) is 3.90. The zero-order chi connectivity index (χ0) is 10.8. The summed E-state index contributed by atoms with van der Waals surface area (Å²) < 4.78 is 0.913. The van der Waals surface area contributed by atoms with Gasteiger partial charge in [0.05, 0.1) is 0 Å². The lowest BCUT2D eigenvalue weighted by Gasteiger charge is -2.03. The zero-order valence-electron chi connectivity index (χ0n) is 7.54. The summed E-state index contributed by atoms with van der Waals surface area (Å²) in [5, 5.41) is 13.2. The number of nitrogens with one attached hydrogen (secondary N) is 1. The van der Waals surface area contributed by atoms with Gasteiger partial charge in [0.1, 0.15) is 0 Å². The van der Waals surface area contributed by atoms with Crippen LogP contribution in [0.5, 0.6) is 5.75 Å². The predicted octanol–water partition coefficient (Wildman–Crippen LogP) is -0.374. The van der Waals surface area contributed by atoms with Crippen molar-refractivity contribution in [3.8, 4) is 11.6 Å². The Labute approximate surface area is 83.4 Å². The monoisotopic (exact) mass is 205 g/mol. The predicted molar refractivity (Wildman–Crippen MR) is 52.1 cm³/mol. The standard InChI is InChI=1S/C9H7N3O3/c13-6-3-5-10-9(8(6)15)12-7(14)2-1-4-11-12/h1-5,15H,(H,10,13). The fourth-order valence-corrected chi connectivity index (χ4v) is 1.15. The van der Waals surface area contributed by atoms with E-state index in [-0.39, 0.29) is 5.82 Å². The maximum Gasteiger partial charge on any atom is 0.272 e. The van der Waals surface area contributed by atoms with E-state index >= 15 is 0 Å². The van der Waals surface area contributed by atoms with Crippen LogP contribution in [0, 0.1) is 0 Å². The van der Waals surface area contributed by atoms with Crippen molar-refractivity contribution in [3.05, 3.63) is 51.2 Å². The van der Waals surface area contributed by atoms with Crippen molar-refractivity contribution in [1.82, 2.24) is 14.8 Å². The highest BCUT2D eigenvalue weighted by atomic mass is 16.3. The van der Waals surface area contributed by atoms with E-state index in [1.54, 1.807) is 0 Å². The van der Waals surface area contributed by atoms with Crippen LogP contribution in [0.25, 0.3) is 5.82 Å². The van der Waals surface area contributed by atoms with Crippen molar-refractivity contribution in [2.24, 2.45) is 0 Å². The van der Waals surface area contributed by atoms with Crippen molar-refractivity contribution >= 4 is 0 Å². The van der Waals surface area contributed by atoms with Gasteiger partial charge in [-0.2, -0.15) is 9.78 Å². The normalized spacial score (nSPS) is 10.1. The molecule has 0 amide bonds. The van der Waals surface area contributed by atoms with E-state index in [4.69, 9.17) is 0 Å². The molecular formula is C9H7N3O3. The van der Waals surface area contributed by atoms with Gasteiger partial charge in [0, 0.05) is 24.5 Å². The maximum absolute atomic E-state index is 11.4. The minimum atomic E-state index is -0.568. The highest BCUT2D eigenvalue weighted by Gasteiger charge is 2.08. The molecule has 2 rings (SSSR count). The number of rotatable bonds is 1. The fourth-order valence-electron chi connectivity index (χ4n) is 1.15. The van der Waals surface area contributed by atoms with Crippen molar-refractivity contribution in [2.45, 2.75) is 0 Å². The average Bonchev–Trinajstić information content (AvgIpc) is 2.23. The number of nitrogens with zero attached hydrogens (tertiary/aromatic N) is 2. The Morgan fingerprint density at radius 3 is 2.87 bits per heavy atom. The molecule has 2 aromatic heterocycles. The molecule has 0 aliphatic rings. The molecule has 15 heavy (non-hydrogen) atoms. The molecule has 0 aliphatic heterocycles. The lowest BCUT2D eigenvalue weighted by atomic mass is 10.4. The van der Waals surface area contributed by atoms with E-state index in [0.29, 0.717) is 0 Å². The van der Waals surface area contributed by atoms with E-state index in [2.05, 4.69) is 10.1 Å². The molecule has 0 fully saturated rings. The third kappa shape index (κ3) is 1.52. The summed E-state index contributed by atoms with van der Waals surface area (Å²) >= 11 is 0. The number of aromatic nitrogens is 3. The van der Waals surface area contributed by atoms with E-state index in [0.717, 1.165) is 10.7 Å². The molecule has 0 atom stereocenters. The lowest BCUT2D eigenvalue weighted by molar-refractivity contribution is 0.460. The fraction of sp³-hybridized carbons (Fsp3) is 0. The molecule has 0 saturated heterocycles. The Hall–Kier alpha value is -2.37. The number of aromatic amines is 1. The van der Waals surface area contributed by atoms with Gasteiger partial charge in [0.2, 0.25) is 11.2 Å². The highest BCUT2D eigenvalue weighted by molar-refractivity contribution is 5.37. The van der Waals surface area contributed by atoms with Crippen LogP contribution < -0.4 is 11.0 Å². The van der Waals surface area contributed by atoms with Gasteiger partial charge in [-0.15, -0.1) is 0 Å². The van der Waals surface area contributed by atoms with Crippen LogP contribution in [0.2, 0.25) is 0 Å². The Morgan fingerprint density at radius 1 is 1.33 bits per heavy atom. The molecule has 0 aliphatic carbocycles. The topological polar surface area (TPSA) is 88.0 Å². The third-order valence-electron chi connectivity index (χ3n) is 1.84. The van der Waals surface area contributed by atoms with Gasteiger partial charge in [-0.1, -0.05) is 0 Å². The van der Waals surface area contributed by atoms with E-state index in [1.165, 1.54) is 24.5 Å². The molecule has 0 aromatic carbocycles. The van der Waals surface area contributed by atoms with Crippen molar-refractivity contribution in [1.29, 1.82) is 0 Å². The molecule has 0 spiro atoms. The minimum absolute atomic E-state index is 0.0342. The largest absolute Gasteiger partial charge is 0.502 e. The second kappa shape index (κ2) is 3.41. The van der Waals surface area contributed by atoms with E-state index in [9.17, 15) is 14.7 Å². The SMILES string of the molecule is O=c1cc[nH]c(-n2ncccc2=O)c1O. The molecule has 0 saturated carbocycles. The van der Waals surface area contributed by atoms with Gasteiger partial charge >= 0.3 is 0 Å². The zero-order valence-corrected chi connectivity index (χ0v) is 7.54. The Morgan fingerprint density at radius 2 is 2.13 bits per heavy atom. The first-order valence-electron chi connectivity index (χ1n) is 4.15. The molecule has 6 nitrogen and oxygen atoms in total. The Kier molecular flexibility index (Phi) is 2.09. The summed E-state index contributed by atoms with van der Waals surface area (Å²) in [5.74, 6) is -0.564. The van der Waals surface area contributed by atoms with E-state index < -0.39 is 16.7 Å². The molecule has 0 bridgehead atoms. The van der Waals surface area contributed by atoms with Crippen molar-refractivity contribution < 1.29 is 5.11 Å². The summed E-state index contributed by atoms with van der Waals surface area (Å²) in [7, 11) is 0. The molecule has 0 unspecified atom stereocenters. The third-order valence-corrected chi connectivity index (χ3v) is 1.84. The summed E-state index contributed by atoms with van der Waals surface area (Å²) in [6.45, 7) is 0. The first kappa shape index (κ1) is 9.20. The second-order valence-corrected chi connectivity index (χ2v) is 2.81. The van der Waals surface area contributed by atoms with Crippen molar-refractivity contribution in [2.75, 3.05) is 0 Å². The van der Waals surface area contributed by atoms with Gasteiger partial charge in [-0.3, -0.25) is 9.59 Å². The number of pyridine rings is 1. The van der Waals surface area contributed by atoms with Crippen LogP contribution in [-0.4, -0.2) is 19.9 Å². The van der Waals surface area contributed by atoms with Crippen LogP contribution in [0.15, 0.2) is 40.2 Å². The molecule has 2 N–H and O–H groups in total. The molecule has 2 aromatic rings. The van der Waals surface area contributed by atoms with Gasteiger partial charge in [-0.05, 0) is 6.07 Å². The lowest BCUT2D eigenvalue weighted by Crippen LogP contribution is -2.21. The average molecular weight is 205 g/mol. The van der Waals surface area contributed by atoms with E-state index in [1.807, 2.05) is 0 Å². The maximum atomic E-state index is 11.4. The van der Waals surface area contributed by atoms with Gasteiger partial charge in [0.15, 0.2) is 5.82 Å². The van der Waals surface area contributed by atoms with Crippen LogP contribution in [0.3, 0.4) is 0 Å². The Balaban J connectivity index is 2.76. The van der Waals surface area contributed by atoms with Crippen LogP contribution in [0.4, 0.5) is 0 Å². The quantitative estimate of drug-likeness (QED) is 0.664. The van der Waals surface area contributed by atoms with Gasteiger partial charge < -0.3 is 10.1 Å². The molecular weight excluding hydrogens is 198 g/mol. The molecule has 2 heterocycles. The first-order chi connectivity index (χ1) is 7.20. The second-order valence-electron chi connectivity index (χ2n) is 2.81. The molecule has 76 valence electrons. The first-order valence-corrected chi connectivity index (χ1v) is 4.15. The highest BCUT2D eigenvalue weighted by Crippen LogP contribution is 2.08. The smallest absolute Gasteiger partial charge is 0.272 e. The summed E-state index contributed by atoms with van der Waals surface area (Å²) in [5.41, 5.74) is -1.00. The number of H-pyrrole nitrogens is 1. The van der Waals surface area contributed by atoms with Crippen molar-refractivity contribution in [3.63, 3.8) is 0 Å². The number of hydrogen-bond donors (Lipinski definition) is 2. The minimum Gasteiger partial charge on any atom is -0.502 e. The van der Waals surface area contributed by atoms with Crippen LogP contribution >= 0.6 is 0 Å². The molecule has 6 heteroatoms. The summed E-state index contributed by atoms with van der Waals surface area (Å²) in [4.78, 5) is 25.0. The number of hydrogen-bond acceptors (Lipinski definition) is 4. The van der Waals surface area contributed by atoms with Gasteiger partial charge in [0.25, 0.3) is 5.56 Å².